The van der Waals surface area contributed by atoms with E-state index in [-0.39, 0.29) is 0 Å². The van der Waals surface area contributed by atoms with E-state index in [1.54, 1.807) is 12.3 Å². The maximum absolute atomic E-state index is 6.18. The van der Waals surface area contributed by atoms with Gasteiger partial charge in [-0.05, 0) is 17.7 Å². The van der Waals surface area contributed by atoms with Crippen LogP contribution in [0.4, 0.5) is 5.95 Å². The fourth-order valence-electron chi connectivity index (χ4n) is 2.58. The van der Waals surface area contributed by atoms with Gasteiger partial charge >= 0.3 is 0 Å². The maximum Gasteiger partial charge on any atom is 0.224 e. The number of rotatable bonds is 4. The molecular formula is C18H14ClN5. The molecule has 0 saturated heterocycles. The molecule has 0 spiro atoms. The van der Waals surface area contributed by atoms with Crippen molar-refractivity contribution in [3.63, 3.8) is 0 Å². The second kappa shape index (κ2) is 6.29. The molecule has 0 radical (unpaired) electrons. The van der Waals surface area contributed by atoms with Gasteiger partial charge in [0.25, 0.3) is 0 Å². The second-order valence-electron chi connectivity index (χ2n) is 5.34. The van der Waals surface area contributed by atoms with Crippen LogP contribution in [0.1, 0.15) is 5.56 Å². The quantitative estimate of drug-likeness (QED) is 0.546. The van der Waals surface area contributed by atoms with Crippen LogP contribution in [-0.2, 0) is 6.54 Å². The Labute approximate surface area is 143 Å². The Morgan fingerprint density at radius 2 is 1.92 bits per heavy atom. The Hall–Kier alpha value is -2.92. The van der Waals surface area contributed by atoms with Crippen molar-refractivity contribution in [2.45, 2.75) is 6.54 Å². The van der Waals surface area contributed by atoms with Gasteiger partial charge < -0.3 is 10.3 Å². The summed E-state index contributed by atoms with van der Waals surface area (Å²) in [4.78, 5) is 16.3. The number of anilines is 1. The van der Waals surface area contributed by atoms with Crippen molar-refractivity contribution >= 4 is 28.6 Å². The molecule has 0 aliphatic rings. The van der Waals surface area contributed by atoms with Crippen LogP contribution in [0.15, 0.2) is 60.9 Å². The largest absolute Gasteiger partial charge is 0.350 e. The van der Waals surface area contributed by atoms with Gasteiger partial charge in [-0.25, -0.2) is 15.0 Å². The predicted octanol–water partition coefficient (Wildman–Crippen LogP) is 4.29. The highest BCUT2D eigenvalue weighted by molar-refractivity contribution is 6.29. The predicted molar refractivity (Wildman–Crippen MR) is 95.9 cm³/mol. The zero-order chi connectivity index (χ0) is 16.4. The van der Waals surface area contributed by atoms with E-state index < -0.39 is 0 Å². The first-order valence-electron chi connectivity index (χ1n) is 7.54. The molecule has 4 aromatic rings. The summed E-state index contributed by atoms with van der Waals surface area (Å²) >= 11 is 6.18. The summed E-state index contributed by atoms with van der Waals surface area (Å²) in [7, 11) is 0. The Kier molecular flexibility index (Phi) is 3.84. The molecule has 0 saturated carbocycles. The van der Waals surface area contributed by atoms with Crippen LogP contribution in [0.5, 0.6) is 0 Å². The summed E-state index contributed by atoms with van der Waals surface area (Å²) in [5.74, 6) is 0.500. The van der Waals surface area contributed by atoms with Crippen LogP contribution in [0.25, 0.3) is 22.3 Å². The molecule has 5 nitrogen and oxygen atoms in total. The van der Waals surface area contributed by atoms with Crippen molar-refractivity contribution in [1.29, 1.82) is 0 Å². The van der Waals surface area contributed by atoms with Crippen molar-refractivity contribution in [1.82, 2.24) is 19.9 Å². The van der Waals surface area contributed by atoms with Crippen molar-refractivity contribution in [3.05, 3.63) is 71.6 Å². The molecule has 3 heterocycles. The fraction of sp³-hybridized carbons (Fsp3) is 0.0556. The molecule has 6 heteroatoms. The van der Waals surface area contributed by atoms with Crippen molar-refractivity contribution in [2.24, 2.45) is 0 Å². The molecular weight excluding hydrogens is 322 g/mol. The van der Waals surface area contributed by atoms with Crippen LogP contribution in [0, 0.1) is 0 Å². The number of nitrogens with zero attached hydrogens (tertiary/aromatic N) is 3. The number of aromatic nitrogens is 4. The number of benzene rings is 1. The third-order valence-corrected chi connectivity index (χ3v) is 3.91. The monoisotopic (exact) mass is 335 g/mol. The van der Waals surface area contributed by atoms with Gasteiger partial charge in [0.2, 0.25) is 5.95 Å². The van der Waals surface area contributed by atoms with E-state index in [1.165, 1.54) is 0 Å². The third-order valence-electron chi connectivity index (χ3n) is 3.72. The normalized spacial score (nSPS) is 10.9. The first-order chi connectivity index (χ1) is 11.8. The molecule has 0 atom stereocenters. The molecule has 4 rings (SSSR count). The lowest BCUT2D eigenvalue weighted by atomic mass is 10.1. The standard InChI is InChI=1S/C18H14ClN5/c19-16-9-15(14-11-21-17-13(14)7-4-8-20-17)23-18(24-16)22-10-12-5-2-1-3-6-12/h1-9,11H,10H2,(H,20,21)(H,22,23,24). The lowest BCUT2D eigenvalue weighted by Gasteiger charge is -2.07. The zero-order valence-corrected chi connectivity index (χ0v) is 13.5. The Morgan fingerprint density at radius 3 is 2.79 bits per heavy atom. The molecule has 0 fully saturated rings. The zero-order valence-electron chi connectivity index (χ0n) is 12.7. The van der Waals surface area contributed by atoms with Gasteiger partial charge in [-0.1, -0.05) is 41.9 Å². The molecule has 24 heavy (non-hydrogen) atoms. The number of H-pyrrole nitrogens is 1. The maximum atomic E-state index is 6.18. The number of halogens is 1. The first-order valence-corrected chi connectivity index (χ1v) is 7.92. The van der Waals surface area contributed by atoms with E-state index >= 15 is 0 Å². The molecule has 0 aliphatic heterocycles. The van der Waals surface area contributed by atoms with E-state index in [2.05, 4.69) is 25.3 Å². The van der Waals surface area contributed by atoms with Gasteiger partial charge in [-0.3, -0.25) is 0 Å². The topological polar surface area (TPSA) is 66.5 Å². The van der Waals surface area contributed by atoms with Crippen LogP contribution in [0.2, 0.25) is 5.15 Å². The van der Waals surface area contributed by atoms with Crippen LogP contribution >= 0.6 is 11.6 Å². The van der Waals surface area contributed by atoms with E-state index in [9.17, 15) is 0 Å². The highest BCUT2D eigenvalue weighted by Gasteiger charge is 2.11. The summed E-state index contributed by atoms with van der Waals surface area (Å²) < 4.78 is 0. The Balaban J connectivity index is 1.66. The molecule has 0 amide bonds. The summed E-state index contributed by atoms with van der Waals surface area (Å²) in [5.41, 5.74) is 3.68. The number of nitrogens with one attached hydrogen (secondary N) is 2. The minimum Gasteiger partial charge on any atom is -0.350 e. The average molecular weight is 336 g/mol. The van der Waals surface area contributed by atoms with E-state index in [1.807, 2.05) is 48.7 Å². The Morgan fingerprint density at radius 1 is 1.04 bits per heavy atom. The molecule has 2 N–H and O–H groups in total. The number of hydrogen-bond acceptors (Lipinski definition) is 4. The number of aromatic amines is 1. The van der Waals surface area contributed by atoms with Crippen LogP contribution in [0.3, 0.4) is 0 Å². The Bertz CT molecular complexity index is 981. The number of hydrogen-bond donors (Lipinski definition) is 2. The highest BCUT2D eigenvalue weighted by Crippen LogP contribution is 2.28. The highest BCUT2D eigenvalue weighted by atomic mass is 35.5. The van der Waals surface area contributed by atoms with Crippen molar-refractivity contribution in [3.8, 4) is 11.3 Å². The van der Waals surface area contributed by atoms with Gasteiger partial charge in [0.1, 0.15) is 10.8 Å². The summed E-state index contributed by atoms with van der Waals surface area (Å²) in [5, 5.41) is 4.62. The lowest BCUT2D eigenvalue weighted by molar-refractivity contribution is 1.06. The summed E-state index contributed by atoms with van der Waals surface area (Å²) in [6, 6.07) is 15.7. The van der Waals surface area contributed by atoms with Crippen molar-refractivity contribution < 1.29 is 0 Å². The van der Waals surface area contributed by atoms with E-state index in [0.717, 1.165) is 27.9 Å². The van der Waals surface area contributed by atoms with Crippen LogP contribution < -0.4 is 5.32 Å². The van der Waals surface area contributed by atoms with Crippen molar-refractivity contribution in [2.75, 3.05) is 5.32 Å². The second-order valence-corrected chi connectivity index (χ2v) is 5.73. The van der Waals surface area contributed by atoms with Gasteiger partial charge in [0.15, 0.2) is 0 Å². The van der Waals surface area contributed by atoms with Gasteiger partial charge in [0, 0.05) is 36.0 Å². The van der Waals surface area contributed by atoms with Gasteiger partial charge in [0.05, 0.1) is 5.69 Å². The summed E-state index contributed by atoms with van der Waals surface area (Å²) in [6.45, 7) is 0.635. The SMILES string of the molecule is Clc1cc(-c2c[nH]c3ncccc23)nc(NCc2ccccc2)n1. The molecule has 118 valence electrons. The molecule has 3 aromatic heterocycles. The smallest absolute Gasteiger partial charge is 0.224 e. The molecule has 1 aromatic carbocycles. The molecule has 0 bridgehead atoms. The summed E-state index contributed by atoms with van der Waals surface area (Å²) in [6.07, 6.45) is 3.64. The van der Waals surface area contributed by atoms with E-state index in [4.69, 9.17) is 11.6 Å². The minimum absolute atomic E-state index is 0.397. The van der Waals surface area contributed by atoms with Gasteiger partial charge in [-0.2, -0.15) is 0 Å². The average Bonchev–Trinajstić information content (AvgIpc) is 3.05. The fourth-order valence-corrected chi connectivity index (χ4v) is 2.76. The first kappa shape index (κ1) is 14.7. The van der Waals surface area contributed by atoms with Crippen LogP contribution in [-0.4, -0.2) is 19.9 Å². The third kappa shape index (κ3) is 2.94. The molecule has 0 aliphatic carbocycles. The van der Waals surface area contributed by atoms with Gasteiger partial charge in [-0.15, -0.1) is 0 Å². The number of pyridine rings is 1. The molecule has 0 unspecified atom stereocenters. The van der Waals surface area contributed by atoms with E-state index in [0.29, 0.717) is 17.6 Å². The minimum atomic E-state index is 0.397. The number of fused-ring (bicyclic) bond motifs is 1. The lowest BCUT2D eigenvalue weighted by Crippen LogP contribution is -2.04.